The van der Waals surface area contributed by atoms with E-state index < -0.39 is 17.8 Å². The van der Waals surface area contributed by atoms with Gasteiger partial charge in [0.05, 0.1) is 5.92 Å². The maximum absolute atomic E-state index is 11.3. The molecule has 0 aromatic heterocycles. The van der Waals surface area contributed by atoms with Gasteiger partial charge in [-0.25, -0.2) is 0 Å². The maximum Gasteiger partial charge on any atom is 0.307 e. The van der Waals surface area contributed by atoms with E-state index in [4.69, 9.17) is 10.2 Å². The monoisotopic (exact) mass is 203 g/mol. The summed E-state index contributed by atoms with van der Waals surface area (Å²) in [5, 5.41) is 19.7. The van der Waals surface area contributed by atoms with Crippen molar-refractivity contribution in [1.29, 1.82) is 0 Å². The molecule has 2 atom stereocenters. The second kappa shape index (κ2) is 6.37. The van der Waals surface area contributed by atoms with Crippen molar-refractivity contribution in [2.45, 2.75) is 20.3 Å². The summed E-state index contributed by atoms with van der Waals surface area (Å²) in [6.45, 7) is 3.47. The van der Waals surface area contributed by atoms with Crippen LogP contribution < -0.4 is 5.32 Å². The van der Waals surface area contributed by atoms with Crippen LogP contribution in [0.3, 0.4) is 0 Å². The molecule has 0 radical (unpaired) electrons. The molecule has 0 bridgehead atoms. The second-order valence-electron chi connectivity index (χ2n) is 3.28. The highest BCUT2D eigenvalue weighted by molar-refractivity contribution is 5.84. The van der Waals surface area contributed by atoms with Crippen molar-refractivity contribution in [1.82, 2.24) is 5.32 Å². The molecular weight excluding hydrogens is 186 g/mol. The Hall–Kier alpha value is -1.10. The predicted octanol–water partition coefficient (Wildman–Crippen LogP) is -0.158. The number of carboxylic acids is 1. The van der Waals surface area contributed by atoms with Gasteiger partial charge in [-0.05, 0) is 6.42 Å². The van der Waals surface area contributed by atoms with Gasteiger partial charge >= 0.3 is 5.97 Å². The minimum Gasteiger partial charge on any atom is -0.481 e. The van der Waals surface area contributed by atoms with E-state index in [1.165, 1.54) is 6.92 Å². The van der Waals surface area contributed by atoms with Gasteiger partial charge < -0.3 is 15.5 Å². The number of aliphatic hydroxyl groups is 1. The summed E-state index contributed by atoms with van der Waals surface area (Å²) in [4.78, 5) is 21.9. The summed E-state index contributed by atoms with van der Waals surface area (Å²) in [5.41, 5.74) is 0. The van der Waals surface area contributed by atoms with Crippen LogP contribution in [0.15, 0.2) is 0 Å². The highest BCUT2D eigenvalue weighted by Crippen LogP contribution is 2.10. The van der Waals surface area contributed by atoms with Gasteiger partial charge in [-0.1, -0.05) is 13.8 Å². The molecule has 5 heteroatoms. The van der Waals surface area contributed by atoms with Crippen molar-refractivity contribution in [3.63, 3.8) is 0 Å². The number of carbonyl (C=O) groups excluding carboxylic acids is 1. The molecule has 82 valence electrons. The van der Waals surface area contributed by atoms with Gasteiger partial charge in [0.1, 0.15) is 0 Å². The lowest BCUT2D eigenvalue weighted by Gasteiger charge is -2.15. The number of aliphatic carboxylic acids is 1. The van der Waals surface area contributed by atoms with Crippen molar-refractivity contribution < 1.29 is 19.8 Å². The molecule has 5 nitrogen and oxygen atoms in total. The fraction of sp³-hybridized carbons (Fsp3) is 0.778. The van der Waals surface area contributed by atoms with Crippen LogP contribution in [0.1, 0.15) is 20.3 Å². The summed E-state index contributed by atoms with van der Waals surface area (Å²) >= 11 is 0. The molecule has 0 aromatic carbocycles. The lowest BCUT2D eigenvalue weighted by atomic mass is 9.95. The van der Waals surface area contributed by atoms with Gasteiger partial charge in [0.15, 0.2) is 0 Å². The van der Waals surface area contributed by atoms with Crippen LogP contribution in [0.25, 0.3) is 0 Å². The minimum atomic E-state index is -0.977. The molecule has 0 heterocycles. The molecule has 3 N–H and O–H groups in total. The Labute approximate surface area is 83.1 Å². The average Bonchev–Trinajstić information content (AvgIpc) is 2.15. The standard InChI is InChI=1S/C9H17NO4/c1-6(7(2)9(13)14)8(12)10-4-3-5-11/h6-7,11H,3-5H2,1-2H3,(H,10,12)(H,13,14). The lowest BCUT2D eigenvalue weighted by Crippen LogP contribution is -2.35. The number of hydrogen-bond acceptors (Lipinski definition) is 3. The van der Waals surface area contributed by atoms with E-state index >= 15 is 0 Å². The number of carbonyl (C=O) groups is 2. The van der Waals surface area contributed by atoms with Crippen molar-refractivity contribution in [3.05, 3.63) is 0 Å². The van der Waals surface area contributed by atoms with Crippen LogP contribution in [0.4, 0.5) is 0 Å². The molecule has 0 aromatic rings. The zero-order valence-electron chi connectivity index (χ0n) is 8.49. The quantitative estimate of drug-likeness (QED) is 0.524. The third-order valence-corrected chi connectivity index (χ3v) is 2.19. The van der Waals surface area contributed by atoms with Gasteiger partial charge in [-0.3, -0.25) is 9.59 Å². The summed E-state index contributed by atoms with van der Waals surface area (Å²) in [6, 6.07) is 0. The molecule has 0 saturated carbocycles. The van der Waals surface area contributed by atoms with E-state index in [1.54, 1.807) is 6.92 Å². The average molecular weight is 203 g/mol. The van der Waals surface area contributed by atoms with E-state index in [0.717, 1.165) is 0 Å². The molecule has 0 aliphatic carbocycles. The highest BCUT2D eigenvalue weighted by Gasteiger charge is 2.25. The van der Waals surface area contributed by atoms with E-state index in [-0.39, 0.29) is 12.5 Å². The maximum atomic E-state index is 11.3. The van der Waals surface area contributed by atoms with E-state index in [9.17, 15) is 9.59 Å². The number of hydrogen-bond donors (Lipinski definition) is 3. The topological polar surface area (TPSA) is 86.6 Å². The first-order chi connectivity index (χ1) is 6.50. The number of carboxylic acid groups (broad SMARTS) is 1. The Kier molecular flexibility index (Phi) is 5.87. The fourth-order valence-electron chi connectivity index (χ4n) is 0.893. The first-order valence-electron chi connectivity index (χ1n) is 4.62. The Bertz CT molecular complexity index is 205. The Balaban J connectivity index is 3.92. The summed E-state index contributed by atoms with van der Waals surface area (Å²) < 4.78 is 0. The summed E-state index contributed by atoms with van der Waals surface area (Å²) in [7, 11) is 0. The third kappa shape index (κ3) is 4.23. The zero-order chi connectivity index (χ0) is 11.1. The number of aliphatic hydroxyl groups excluding tert-OH is 1. The Morgan fingerprint density at radius 3 is 2.29 bits per heavy atom. The molecule has 14 heavy (non-hydrogen) atoms. The van der Waals surface area contributed by atoms with Crippen molar-refractivity contribution >= 4 is 11.9 Å². The molecule has 0 aliphatic rings. The van der Waals surface area contributed by atoms with Gasteiger partial charge in [0.25, 0.3) is 0 Å². The van der Waals surface area contributed by atoms with Gasteiger partial charge in [-0.2, -0.15) is 0 Å². The largest absolute Gasteiger partial charge is 0.481 e. The van der Waals surface area contributed by atoms with Crippen molar-refractivity contribution in [2.24, 2.45) is 11.8 Å². The van der Waals surface area contributed by atoms with Gasteiger partial charge in [0.2, 0.25) is 5.91 Å². The zero-order valence-corrected chi connectivity index (χ0v) is 8.49. The third-order valence-electron chi connectivity index (χ3n) is 2.19. The van der Waals surface area contributed by atoms with E-state index in [0.29, 0.717) is 13.0 Å². The molecule has 0 fully saturated rings. The summed E-state index contributed by atoms with van der Waals surface area (Å²) in [5.74, 6) is -2.50. The predicted molar refractivity (Wildman–Crippen MR) is 50.7 cm³/mol. The number of amides is 1. The van der Waals surface area contributed by atoms with Gasteiger partial charge in [-0.15, -0.1) is 0 Å². The SMILES string of the molecule is CC(C(=O)O)C(C)C(=O)NCCCO. The molecule has 2 unspecified atom stereocenters. The van der Waals surface area contributed by atoms with Crippen LogP contribution in [-0.4, -0.2) is 35.2 Å². The lowest BCUT2D eigenvalue weighted by molar-refractivity contribution is -0.146. The molecule has 0 rings (SSSR count). The molecule has 0 aliphatic heterocycles. The molecule has 1 amide bonds. The Morgan fingerprint density at radius 1 is 1.29 bits per heavy atom. The molecule has 0 spiro atoms. The van der Waals surface area contributed by atoms with E-state index in [2.05, 4.69) is 5.32 Å². The first-order valence-corrected chi connectivity index (χ1v) is 4.62. The first kappa shape index (κ1) is 12.9. The normalized spacial score (nSPS) is 14.5. The highest BCUT2D eigenvalue weighted by atomic mass is 16.4. The number of rotatable bonds is 6. The summed E-state index contributed by atoms with van der Waals surface area (Å²) in [6.07, 6.45) is 0.486. The molecule has 0 saturated heterocycles. The minimum absolute atomic E-state index is 0.0170. The molecular formula is C9H17NO4. The van der Waals surface area contributed by atoms with E-state index in [1.807, 2.05) is 0 Å². The smallest absolute Gasteiger partial charge is 0.307 e. The van der Waals surface area contributed by atoms with Crippen LogP contribution in [-0.2, 0) is 9.59 Å². The van der Waals surface area contributed by atoms with Crippen LogP contribution in [0.2, 0.25) is 0 Å². The van der Waals surface area contributed by atoms with Crippen molar-refractivity contribution in [3.8, 4) is 0 Å². The van der Waals surface area contributed by atoms with Crippen LogP contribution in [0, 0.1) is 11.8 Å². The van der Waals surface area contributed by atoms with Crippen LogP contribution in [0.5, 0.6) is 0 Å². The number of nitrogens with one attached hydrogen (secondary N) is 1. The van der Waals surface area contributed by atoms with Crippen molar-refractivity contribution in [2.75, 3.05) is 13.2 Å². The second-order valence-corrected chi connectivity index (χ2v) is 3.28. The van der Waals surface area contributed by atoms with Crippen LogP contribution >= 0.6 is 0 Å². The van der Waals surface area contributed by atoms with Gasteiger partial charge in [0, 0.05) is 19.1 Å². The fourth-order valence-corrected chi connectivity index (χ4v) is 0.893. The Morgan fingerprint density at radius 2 is 1.86 bits per heavy atom.